The Morgan fingerprint density at radius 3 is 2.46 bits per heavy atom. The van der Waals surface area contributed by atoms with Crippen LogP contribution in [0, 0.1) is 6.92 Å². The molecule has 1 aromatic carbocycles. The van der Waals surface area contributed by atoms with Gasteiger partial charge in [-0.3, -0.25) is 9.69 Å². The van der Waals surface area contributed by atoms with Crippen LogP contribution < -0.4 is 10.2 Å². The minimum Gasteiger partial charge on any atom is -0.373 e. The number of aryl methyl sites for hydroxylation is 2. The number of hydrogen-bond donors (Lipinski definition) is 1. The molecule has 1 amide bonds. The first-order valence-corrected chi connectivity index (χ1v) is 12.7. The molecule has 0 spiro atoms. The number of pyridine rings is 2. The van der Waals surface area contributed by atoms with Crippen LogP contribution in [0.2, 0.25) is 0 Å². The molecule has 0 radical (unpaired) electrons. The van der Waals surface area contributed by atoms with E-state index in [1.54, 1.807) is 19.0 Å². The number of rotatable bonds is 6. The van der Waals surface area contributed by atoms with Gasteiger partial charge in [-0.1, -0.05) is 0 Å². The molecule has 37 heavy (non-hydrogen) atoms. The lowest BCUT2D eigenvalue weighted by Gasteiger charge is -2.37. The predicted molar refractivity (Wildman–Crippen MR) is 150 cm³/mol. The van der Waals surface area contributed by atoms with Crippen LogP contribution in [0.1, 0.15) is 21.6 Å². The van der Waals surface area contributed by atoms with Gasteiger partial charge in [0.1, 0.15) is 11.5 Å². The zero-order valence-electron chi connectivity index (χ0n) is 22.3. The van der Waals surface area contributed by atoms with Crippen molar-refractivity contribution in [3.05, 3.63) is 71.7 Å². The van der Waals surface area contributed by atoms with Gasteiger partial charge in [-0.2, -0.15) is 0 Å². The number of fused-ring (bicyclic) bond motifs is 1. The molecule has 5 rings (SSSR count). The van der Waals surface area contributed by atoms with Gasteiger partial charge >= 0.3 is 0 Å². The first-order valence-electron chi connectivity index (χ1n) is 12.7. The molecule has 1 fully saturated rings. The van der Waals surface area contributed by atoms with E-state index >= 15 is 0 Å². The largest absolute Gasteiger partial charge is 0.373 e. The van der Waals surface area contributed by atoms with Gasteiger partial charge in [-0.05, 0) is 60.5 Å². The van der Waals surface area contributed by atoms with E-state index in [4.69, 9.17) is 0 Å². The van der Waals surface area contributed by atoms with Gasteiger partial charge in [0.05, 0.1) is 0 Å². The average molecular weight is 498 g/mol. The van der Waals surface area contributed by atoms with E-state index in [1.807, 2.05) is 37.6 Å². The SMILES string of the molecule is CNc1ccc(-c2ccnc3c2cc(CN2CCN(c4ccc(C(=O)N(C)C)cc4C)CC2)n3C)cn1. The van der Waals surface area contributed by atoms with Gasteiger partial charge in [0.15, 0.2) is 0 Å². The molecule has 4 heterocycles. The summed E-state index contributed by atoms with van der Waals surface area (Å²) in [4.78, 5) is 28.0. The number of amides is 1. The van der Waals surface area contributed by atoms with E-state index in [0.717, 1.165) is 71.8 Å². The molecule has 3 aromatic heterocycles. The van der Waals surface area contributed by atoms with Gasteiger partial charge in [0.2, 0.25) is 0 Å². The molecule has 4 aromatic rings. The van der Waals surface area contributed by atoms with Crippen molar-refractivity contribution in [1.82, 2.24) is 24.3 Å². The third-order valence-corrected chi connectivity index (χ3v) is 7.31. The number of nitrogens with one attached hydrogen (secondary N) is 1. The number of carbonyl (C=O) groups excluding carboxylic acids is 1. The lowest BCUT2D eigenvalue weighted by Crippen LogP contribution is -2.46. The van der Waals surface area contributed by atoms with Crippen molar-refractivity contribution >= 4 is 28.4 Å². The molecular weight excluding hydrogens is 462 g/mol. The summed E-state index contributed by atoms with van der Waals surface area (Å²) in [5, 5.41) is 4.23. The predicted octanol–water partition coefficient (Wildman–Crippen LogP) is 4.01. The standard InChI is InChI=1S/C29H35N7O/c1-20-16-21(29(37)33(3)4)6-8-26(20)36-14-12-35(13-15-36)19-23-17-25-24(10-11-31-28(25)34(23)5)22-7-9-27(30-2)32-18-22/h6-11,16-18H,12-15,19H2,1-5H3,(H,30,32). The Labute approximate surface area is 218 Å². The highest BCUT2D eigenvalue weighted by Gasteiger charge is 2.21. The van der Waals surface area contributed by atoms with Crippen molar-refractivity contribution < 1.29 is 4.79 Å². The van der Waals surface area contributed by atoms with Crippen LogP contribution in [0.3, 0.4) is 0 Å². The van der Waals surface area contributed by atoms with Gasteiger partial charge in [-0.15, -0.1) is 0 Å². The van der Waals surface area contributed by atoms with E-state index in [1.165, 1.54) is 11.4 Å². The maximum Gasteiger partial charge on any atom is 0.253 e. The Bertz CT molecular complexity index is 1420. The Balaban J connectivity index is 1.29. The zero-order valence-corrected chi connectivity index (χ0v) is 22.3. The van der Waals surface area contributed by atoms with Crippen LogP contribution in [-0.4, -0.2) is 77.6 Å². The molecule has 8 heteroatoms. The molecule has 1 aliphatic rings. The molecule has 0 saturated carbocycles. The van der Waals surface area contributed by atoms with Crippen LogP contribution in [0.25, 0.3) is 22.2 Å². The summed E-state index contributed by atoms with van der Waals surface area (Å²) in [5.74, 6) is 0.897. The van der Waals surface area contributed by atoms with E-state index < -0.39 is 0 Å². The van der Waals surface area contributed by atoms with Crippen LogP contribution in [0.15, 0.2) is 54.9 Å². The second kappa shape index (κ2) is 10.2. The summed E-state index contributed by atoms with van der Waals surface area (Å²) in [5.41, 5.74) is 7.58. The molecule has 1 N–H and O–H groups in total. The molecule has 0 aliphatic carbocycles. The van der Waals surface area contributed by atoms with Crippen molar-refractivity contribution in [3.63, 3.8) is 0 Å². The van der Waals surface area contributed by atoms with Crippen molar-refractivity contribution in [2.75, 3.05) is 57.5 Å². The maximum atomic E-state index is 12.3. The van der Waals surface area contributed by atoms with Gasteiger partial charge in [0.25, 0.3) is 5.91 Å². The minimum atomic E-state index is 0.0401. The molecular formula is C29H35N7O. The Hall–Kier alpha value is -3.91. The van der Waals surface area contributed by atoms with Gasteiger partial charge in [-0.25, -0.2) is 9.97 Å². The molecule has 0 bridgehead atoms. The Kier molecular flexibility index (Phi) is 6.84. The molecule has 0 unspecified atom stereocenters. The number of piperazine rings is 1. The Morgan fingerprint density at radius 1 is 1.03 bits per heavy atom. The third-order valence-electron chi connectivity index (χ3n) is 7.31. The Morgan fingerprint density at radius 2 is 1.81 bits per heavy atom. The molecule has 1 aliphatic heterocycles. The zero-order chi connectivity index (χ0) is 26.1. The lowest BCUT2D eigenvalue weighted by atomic mass is 10.1. The summed E-state index contributed by atoms with van der Waals surface area (Å²) >= 11 is 0. The van der Waals surface area contributed by atoms with E-state index in [-0.39, 0.29) is 5.91 Å². The monoisotopic (exact) mass is 497 g/mol. The van der Waals surface area contributed by atoms with Crippen LogP contribution in [-0.2, 0) is 13.6 Å². The van der Waals surface area contributed by atoms with Crippen LogP contribution in [0.4, 0.5) is 11.5 Å². The fourth-order valence-electron chi connectivity index (χ4n) is 5.15. The second-order valence-corrected chi connectivity index (χ2v) is 9.94. The third kappa shape index (κ3) is 4.89. The number of nitrogens with zero attached hydrogens (tertiary/aromatic N) is 6. The van der Waals surface area contributed by atoms with Crippen molar-refractivity contribution in [3.8, 4) is 11.1 Å². The highest BCUT2D eigenvalue weighted by atomic mass is 16.2. The summed E-state index contributed by atoms with van der Waals surface area (Å²) in [6.45, 7) is 6.85. The summed E-state index contributed by atoms with van der Waals surface area (Å²) in [6, 6.07) is 14.5. The summed E-state index contributed by atoms with van der Waals surface area (Å²) in [6.07, 6.45) is 3.79. The fourth-order valence-corrected chi connectivity index (χ4v) is 5.15. The molecule has 1 saturated heterocycles. The van der Waals surface area contributed by atoms with Crippen LogP contribution >= 0.6 is 0 Å². The van der Waals surface area contributed by atoms with E-state index in [9.17, 15) is 4.79 Å². The molecule has 192 valence electrons. The van der Waals surface area contributed by atoms with Crippen molar-refractivity contribution in [1.29, 1.82) is 0 Å². The first kappa shape index (κ1) is 24.8. The van der Waals surface area contributed by atoms with E-state index in [0.29, 0.717) is 0 Å². The smallest absolute Gasteiger partial charge is 0.253 e. The van der Waals surface area contributed by atoms with Crippen molar-refractivity contribution in [2.24, 2.45) is 7.05 Å². The maximum absolute atomic E-state index is 12.3. The van der Waals surface area contributed by atoms with Gasteiger partial charge in [0, 0.05) is 101 Å². The second-order valence-electron chi connectivity index (χ2n) is 9.94. The highest BCUT2D eigenvalue weighted by molar-refractivity contribution is 5.95. The van der Waals surface area contributed by atoms with Crippen molar-refractivity contribution in [2.45, 2.75) is 13.5 Å². The number of benzene rings is 1. The van der Waals surface area contributed by atoms with Crippen LogP contribution in [0.5, 0.6) is 0 Å². The number of hydrogen-bond acceptors (Lipinski definition) is 6. The summed E-state index contributed by atoms with van der Waals surface area (Å²) < 4.78 is 2.21. The lowest BCUT2D eigenvalue weighted by molar-refractivity contribution is 0.0827. The van der Waals surface area contributed by atoms with Gasteiger partial charge < -0.3 is 19.7 Å². The first-order chi connectivity index (χ1) is 17.9. The van der Waals surface area contributed by atoms with E-state index in [2.05, 4.69) is 67.9 Å². The highest BCUT2D eigenvalue weighted by Crippen LogP contribution is 2.30. The fraction of sp³-hybridized carbons (Fsp3) is 0.345. The molecule has 8 nitrogen and oxygen atoms in total. The average Bonchev–Trinajstić information content (AvgIpc) is 3.23. The minimum absolute atomic E-state index is 0.0401. The number of carbonyl (C=O) groups is 1. The molecule has 0 atom stereocenters. The number of anilines is 2. The normalized spacial score (nSPS) is 14.2. The topological polar surface area (TPSA) is 69.5 Å². The number of aromatic nitrogens is 3. The quantitative estimate of drug-likeness (QED) is 0.434. The summed E-state index contributed by atoms with van der Waals surface area (Å²) in [7, 11) is 7.56.